The average molecular weight is 281 g/mol. The van der Waals surface area contributed by atoms with Gasteiger partial charge in [-0.15, -0.1) is 0 Å². The van der Waals surface area contributed by atoms with Crippen LogP contribution in [0.4, 0.5) is 5.69 Å². The topological polar surface area (TPSA) is 47.6 Å². The fourth-order valence-corrected chi connectivity index (χ4v) is 2.07. The first-order valence-electron chi connectivity index (χ1n) is 6.67. The van der Waals surface area contributed by atoms with Crippen LogP contribution in [-0.2, 0) is 4.79 Å². The summed E-state index contributed by atoms with van der Waals surface area (Å²) >= 11 is 0. The predicted molar refractivity (Wildman–Crippen MR) is 81.3 cm³/mol. The Morgan fingerprint density at radius 1 is 1.10 bits per heavy atom. The zero-order valence-corrected chi connectivity index (χ0v) is 11.6. The summed E-state index contributed by atoms with van der Waals surface area (Å²) < 4.78 is 10.5. The third-order valence-electron chi connectivity index (χ3n) is 3.17. The van der Waals surface area contributed by atoms with Crippen molar-refractivity contribution in [1.82, 2.24) is 0 Å². The van der Waals surface area contributed by atoms with Gasteiger partial charge in [-0.3, -0.25) is 4.79 Å². The molecule has 0 saturated heterocycles. The third-order valence-corrected chi connectivity index (χ3v) is 3.17. The molecule has 0 fully saturated rings. The van der Waals surface area contributed by atoms with Gasteiger partial charge in [-0.2, -0.15) is 0 Å². The Balaban J connectivity index is 1.73. The molecular weight excluding hydrogens is 266 g/mol. The molecule has 2 aromatic rings. The molecule has 0 atom stereocenters. The molecule has 1 aliphatic heterocycles. The highest BCUT2D eigenvalue weighted by Gasteiger charge is 2.14. The number of nitrogens with one attached hydrogen (secondary N) is 1. The second kappa shape index (κ2) is 5.71. The summed E-state index contributed by atoms with van der Waals surface area (Å²) in [4.78, 5) is 12.2. The molecular formula is C17H15NO3. The van der Waals surface area contributed by atoms with Gasteiger partial charge in [-0.25, -0.2) is 0 Å². The van der Waals surface area contributed by atoms with Gasteiger partial charge >= 0.3 is 0 Å². The van der Waals surface area contributed by atoms with E-state index in [9.17, 15) is 4.79 Å². The Morgan fingerprint density at radius 3 is 2.67 bits per heavy atom. The number of amides is 1. The molecule has 0 bridgehead atoms. The smallest absolute Gasteiger partial charge is 0.251 e. The lowest BCUT2D eigenvalue weighted by Gasteiger charge is -2.06. The molecule has 0 radical (unpaired) electrons. The van der Waals surface area contributed by atoms with Gasteiger partial charge in [0, 0.05) is 17.3 Å². The number of hydrogen-bond acceptors (Lipinski definition) is 3. The number of ether oxygens (including phenoxy) is 2. The first kappa shape index (κ1) is 13.2. The summed E-state index contributed by atoms with van der Waals surface area (Å²) in [5.41, 5.74) is 2.32. The van der Waals surface area contributed by atoms with Gasteiger partial charge in [0.15, 0.2) is 11.5 Å². The molecule has 1 heterocycles. The Hall–Kier alpha value is -2.75. The van der Waals surface area contributed by atoms with Crippen LogP contribution in [0.15, 0.2) is 54.1 Å². The van der Waals surface area contributed by atoms with Crippen molar-refractivity contribution < 1.29 is 14.3 Å². The van der Waals surface area contributed by atoms with E-state index in [2.05, 4.69) is 5.32 Å². The molecule has 0 unspecified atom stereocenters. The normalized spacial score (nSPS) is 13.1. The Labute approximate surface area is 123 Å². The van der Waals surface area contributed by atoms with Crippen molar-refractivity contribution in [2.45, 2.75) is 6.92 Å². The van der Waals surface area contributed by atoms with Crippen molar-refractivity contribution in [3.8, 4) is 11.5 Å². The molecule has 0 aliphatic carbocycles. The molecule has 1 amide bonds. The summed E-state index contributed by atoms with van der Waals surface area (Å²) in [6.07, 6.45) is 1.85. The molecule has 106 valence electrons. The molecule has 1 aliphatic rings. The van der Waals surface area contributed by atoms with Crippen LogP contribution in [0, 0.1) is 0 Å². The van der Waals surface area contributed by atoms with Crippen molar-refractivity contribution in [3.05, 3.63) is 59.7 Å². The van der Waals surface area contributed by atoms with E-state index in [-0.39, 0.29) is 12.7 Å². The molecule has 4 nitrogen and oxygen atoms in total. The Bertz CT molecular complexity index is 692. The average Bonchev–Trinajstić information content (AvgIpc) is 2.95. The quantitative estimate of drug-likeness (QED) is 0.876. The number of carbonyl (C=O) groups excluding carboxylic acids is 1. The van der Waals surface area contributed by atoms with Crippen molar-refractivity contribution in [2.24, 2.45) is 0 Å². The predicted octanol–water partition coefficient (Wildman–Crippen LogP) is 3.46. The monoisotopic (exact) mass is 281 g/mol. The van der Waals surface area contributed by atoms with Gasteiger partial charge in [0.2, 0.25) is 6.79 Å². The van der Waals surface area contributed by atoms with Crippen LogP contribution in [0.5, 0.6) is 11.5 Å². The minimum absolute atomic E-state index is 0.141. The Morgan fingerprint density at radius 2 is 1.86 bits per heavy atom. The van der Waals surface area contributed by atoms with Crippen LogP contribution < -0.4 is 14.8 Å². The fraction of sp³-hybridized carbons (Fsp3) is 0.118. The van der Waals surface area contributed by atoms with Gasteiger partial charge in [-0.1, -0.05) is 30.3 Å². The maximum absolute atomic E-state index is 12.2. The van der Waals surface area contributed by atoms with E-state index >= 15 is 0 Å². The fourth-order valence-electron chi connectivity index (χ4n) is 2.07. The third kappa shape index (κ3) is 3.05. The first-order valence-corrected chi connectivity index (χ1v) is 6.67. The summed E-state index contributed by atoms with van der Waals surface area (Å²) in [6.45, 7) is 2.01. The highest BCUT2D eigenvalue weighted by Crippen LogP contribution is 2.34. The molecule has 1 N–H and O–H groups in total. The molecule has 0 saturated carbocycles. The van der Waals surface area contributed by atoms with Crippen molar-refractivity contribution in [2.75, 3.05) is 12.1 Å². The summed E-state index contributed by atoms with van der Waals surface area (Å²) in [7, 11) is 0. The number of hydrogen-bond donors (Lipinski definition) is 1. The number of rotatable bonds is 3. The van der Waals surface area contributed by atoms with Crippen LogP contribution >= 0.6 is 0 Å². The van der Waals surface area contributed by atoms with E-state index < -0.39 is 0 Å². The second-order valence-electron chi connectivity index (χ2n) is 4.76. The molecule has 4 heteroatoms. The zero-order valence-electron chi connectivity index (χ0n) is 11.6. The molecule has 0 spiro atoms. The highest BCUT2D eigenvalue weighted by molar-refractivity contribution is 6.06. The van der Waals surface area contributed by atoms with E-state index in [1.54, 1.807) is 25.1 Å². The largest absolute Gasteiger partial charge is 0.454 e. The standard InChI is InChI=1S/C17H15NO3/c1-12(9-13-5-3-2-4-6-13)17(19)18-14-7-8-15-16(10-14)21-11-20-15/h2-10H,11H2,1H3,(H,18,19)/b12-9+. The second-order valence-corrected chi connectivity index (χ2v) is 4.76. The van der Waals surface area contributed by atoms with E-state index in [1.807, 2.05) is 36.4 Å². The van der Waals surface area contributed by atoms with E-state index in [4.69, 9.17) is 9.47 Å². The van der Waals surface area contributed by atoms with E-state index in [0.717, 1.165) is 5.56 Å². The van der Waals surface area contributed by atoms with Gasteiger partial charge < -0.3 is 14.8 Å². The van der Waals surface area contributed by atoms with Crippen LogP contribution in [0.1, 0.15) is 12.5 Å². The maximum Gasteiger partial charge on any atom is 0.251 e. The Kier molecular flexibility index (Phi) is 3.60. The minimum Gasteiger partial charge on any atom is -0.454 e. The number of carbonyl (C=O) groups is 1. The van der Waals surface area contributed by atoms with Crippen LogP contribution in [0.2, 0.25) is 0 Å². The van der Waals surface area contributed by atoms with Crippen LogP contribution in [-0.4, -0.2) is 12.7 Å². The van der Waals surface area contributed by atoms with Gasteiger partial charge in [0.1, 0.15) is 0 Å². The lowest BCUT2D eigenvalue weighted by atomic mass is 10.1. The SMILES string of the molecule is C/C(=C\c1ccccc1)C(=O)Nc1ccc2c(c1)OCO2. The number of anilines is 1. The van der Waals surface area contributed by atoms with Crippen molar-refractivity contribution >= 4 is 17.7 Å². The lowest BCUT2D eigenvalue weighted by Crippen LogP contribution is -2.12. The van der Waals surface area contributed by atoms with Gasteiger partial charge in [-0.05, 0) is 30.7 Å². The van der Waals surface area contributed by atoms with Crippen LogP contribution in [0.25, 0.3) is 6.08 Å². The minimum atomic E-state index is -0.141. The zero-order chi connectivity index (χ0) is 14.7. The van der Waals surface area contributed by atoms with Crippen molar-refractivity contribution in [3.63, 3.8) is 0 Å². The lowest BCUT2D eigenvalue weighted by molar-refractivity contribution is -0.112. The molecule has 2 aromatic carbocycles. The highest BCUT2D eigenvalue weighted by atomic mass is 16.7. The number of benzene rings is 2. The number of fused-ring (bicyclic) bond motifs is 1. The maximum atomic E-state index is 12.2. The van der Waals surface area contributed by atoms with Crippen LogP contribution in [0.3, 0.4) is 0 Å². The molecule has 21 heavy (non-hydrogen) atoms. The first-order chi connectivity index (χ1) is 10.2. The summed E-state index contributed by atoms with van der Waals surface area (Å²) in [6, 6.07) is 15.1. The summed E-state index contributed by atoms with van der Waals surface area (Å²) in [5, 5.41) is 2.85. The molecule has 3 rings (SSSR count). The van der Waals surface area contributed by atoms with Gasteiger partial charge in [0.05, 0.1) is 0 Å². The van der Waals surface area contributed by atoms with E-state index in [1.165, 1.54) is 0 Å². The molecule has 0 aromatic heterocycles. The van der Waals surface area contributed by atoms with Gasteiger partial charge in [0.25, 0.3) is 5.91 Å². The summed E-state index contributed by atoms with van der Waals surface area (Å²) in [5.74, 6) is 1.21. The van der Waals surface area contributed by atoms with E-state index in [0.29, 0.717) is 22.8 Å². The van der Waals surface area contributed by atoms with Crippen molar-refractivity contribution in [1.29, 1.82) is 0 Å².